The maximum Gasteiger partial charge on any atom is 0.260 e. The lowest BCUT2D eigenvalue weighted by molar-refractivity contribution is -0.127. The van der Waals surface area contributed by atoms with Crippen molar-refractivity contribution in [2.45, 2.75) is 33.0 Å². The molecule has 112 valence electrons. The minimum Gasteiger partial charge on any atom is -0.497 e. The van der Waals surface area contributed by atoms with Crippen LogP contribution in [-0.2, 0) is 4.79 Å². The molecule has 0 bridgehead atoms. The summed E-state index contributed by atoms with van der Waals surface area (Å²) in [5, 5.41) is 12.3. The molecule has 0 saturated heterocycles. The molecular formula is C15H23NO4. The Morgan fingerprint density at radius 2 is 1.75 bits per heavy atom. The summed E-state index contributed by atoms with van der Waals surface area (Å²) in [6, 6.07) is 7.02. The summed E-state index contributed by atoms with van der Waals surface area (Å²) < 4.78 is 10.6. The van der Waals surface area contributed by atoms with Gasteiger partial charge in [-0.3, -0.25) is 4.79 Å². The highest BCUT2D eigenvalue weighted by molar-refractivity contribution is 5.80. The first-order chi connectivity index (χ1) is 9.43. The molecule has 0 heterocycles. The number of benzene rings is 1. The van der Waals surface area contributed by atoms with Gasteiger partial charge in [-0.25, -0.2) is 0 Å². The van der Waals surface area contributed by atoms with E-state index >= 15 is 0 Å². The Bertz CT molecular complexity index is 416. The van der Waals surface area contributed by atoms with E-state index in [1.54, 1.807) is 38.3 Å². The van der Waals surface area contributed by atoms with Crippen LogP contribution in [0.25, 0.3) is 0 Å². The molecule has 0 aliphatic heterocycles. The minimum absolute atomic E-state index is 0.105. The number of carbonyl (C=O) groups is 1. The zero-order valence-corrected chi connectivity index (χ0v) is 12.4. The SMILES string of the molecule is COc1ccc(OC(C)C(=O)NCC(O)C(C)C)cc1. The zero-order chi connectivity index (χ0) is 15.1. The molecule has 5 nitrogen and oxygen atoms in total. The second-order valence-corrected chi connectivity index (χ2v) is 4.99. The molecule has 5 heteroatoms. The van der Waals surface area contributed by atoms with Crippen molar-refractivity contribution in [3.8, 4) is 11.5 Å². The topological polar surface area (TPSA) is 67.8 Å². The molecule has 1 rings (SSSR count). The summed E-state index contributed by atoms with van der Waals surface area (Å²) in [4.78, 5) is 11.8. The Morgan fingerprint density at radius 1 is 1.20 bits per heavy atom. The van der Waals surface area contributed by atoms with Gasteiger partial charge in [0.15, 0.2) is 6.10 Å². The van der Waals surface area contributed by atoms with E-state index in [0.717, 1.165) is 5.75 Å². The monoisotopic (exact) mass is 281 g/mol. The fraction of sp³-hybridized carbons (Fsp3) is 0.533. The number of aliphatic hydroxyl groups is 1. The van der Waals surface area contributed by atoms with Gasteiger partial charge in [0.25, 0.3) is 5.91 Å². The van der Waals surface area contributed by atoms with Crippen LogP contribution in [0, 0.1) is 5.92 Å². The van der Waals surface area contributed by atoms with Gasteiger partial charge in [-0.2, -0.15) is 0 Å². The lowest BCUT2D eigenvalue weighted by Gasteiger charge is -2.18. The second-order valence-electron chi connectivity index (χ2n) is 4.99. The molecule has 0 radical (unpaired) electrons. The number of hydrogen-bond donors (Lipinski definition) is 2. The highest BCUT2D eigenvalue weighted by Crippen LogP contribution is 2.18. The van der Waals surface area contributed by atoms with Gasteiger partial charge in [0.2, 0.25) is 0 Å². The zero-order valence-electron chi connectivity index (χ0n) is 12.4. The molecule has 0 aliphatic carbocycles. The van der Waals surface area contributed by atoms with Crippen LogP contribution in [0.4, 0.5) is 0 Å². The number of carbonyl (C=O) groups excluding carboxylic acids is 1. The molecule has 0 spiro atoms. The van der Waals surface area contributed by atoms with Crippen molar-refractivity contribution in [2.75, 3.05) is 13.7 Å². The highest BCUT2D eigenvalue weighted by atomic mass is 16.5. The maximum atomic E-state index is 11.8. The highest BCUT2D eigenvalue weighted by Gasteiger charge is 2.17. The Kier molecular flexibility index (Phi) is 6.31. The van der Waals surface area contributed by atoms with Crippen molar-refractivity contribution in [3.63, 3.8) is 0 Å². The molecule has 0 aliphatic rings. The fourth-order valence-corrected chi connectivity index (χ4v) is 1.50. The van der Waals surface area contributed by atoms with Gasteiger partial charge in [0.1, 0.15) is 11.5 Å². The van der Waals surface area contributed by atoms with Gasteiger partial charge in [0.05, 0.1) is 13.2 Å². The number of methoxy groups -OCH3 is 1. The summed E-state index contributed by atoms with van der Waals surface area (Å²) in [6.07, 6.45) is -1.17. The predicted octanol–water partition coefficient (Wildman–Crippen LogP) is 1.60. The molecule has 2 atom stereocenters. The third-order valence-corrected chi connectivity index (χ3v) is 3.00. The molecular weight excluding hydrogens is 258 g/mol. The van der Waals surface area contributed by atoms with E-state index in [2.05, 4.69) is 5.32 Å². The average Bonchev–Trinajstić information content (AvgIpc) is 2.44. The largest absolute Gasteiger partial charge is 0.497 e. The predicted molar refractivity (Wildman–Crippen MR) is 76.9 cm³/mol. The summed E-state index contributed by atoms with van der Waals surface area (Å²) in [7, 11) is 1.59. The quantitative estimate of drug-likeness (QED) is 0.796. The number of hydrogen-bond acceptors (Lipinski definition) is 4. The third kappa shape index (κ3) is 5.09. The van der Waals surface area contributed by atoms with Crippen molar-refractivity contribution in [2.24, 2.45) is 5.92 Å². The Balaban J connectivity index is 2.44. The van der Waals surface area contributed by atoms with E-state index in [-0.39, 0.29) is 18.4 Å². The van der Waals surface area contributed by atoms with Gasteiger partial charge in [-0.1, -0.05) is 13.8 Å². The number of ether oxygens (including phenoxy) is 2. The van der Waals surface area contributed by atoms with E-state index < -0.39 is 12.2 Å². The van der Waals surface area contributed by atoms with Crippen LogP contribution in [0.15, 0.2) is 24.3 Å². The number of nitrogens with one attached hydrogen (secondary N) is 1. The first kappa shape index (κ1) is 16.3. The molecule has 1 amide bonds. The van der Waals surface area contributed by atoms with E-state index in [1.807, 2.05) is 13.8 Å². The molecule has 0 aromatic heterocycles. The summed E-state index contributed by atoms with van der Waals surface area (Å²) in [5.74, 6) is 1.18. The molecule has 1 aromatic rings. The van der Waals surface area contributed by atoms with Gasteiger partial charge < -0.3 is 19.9 Å². The van der Waals surface area contributed by atoms with Gasteiger partial charge in [-0.15, -0.1) is 0 Å². The van der Waals surface area contributed by atoms with Crippen LogP contribution in [0.5, 0.6) is 11.5 Å². The minimum atomic E-state index is -0.622. The fourth-order valence-electron chi connectivity index (χ4n) is 1.50. The van der Waals surface area contributed by atoms with Gasteiger partial charge in [0, 0.05) is 6.54 Å². The van der Waals surface area contributed by atoms with Crippen molar-refractivity contribution in [1.82, 2.24) is 5.32 Å². The first-order valence-corrected chi connectivity index (χ1v) is 6.70. The van der Waals surface area contributed by atoms with E-state index in [9.17, 15) is 9.90 Å². The lowest BCUT2D eigenvalue weighted by Crippen LogP contribution is -2.41. The van der Waals surface area contributed by atoms with Crippen molar-refractivity contribution in [1.29, 1.82) is 0 Å². The Morgan fingerprint density at radius 3 is 2.25 bits per heavy atom. The lowest BCUT2D eigenvalue weighted by atomic mass is 10.1. The summed E-state index contributed by atoms with van der Waals surface area (Å²) in [5.41, 5.74) is 0. The van der Waals surface area contributed by atoms with Crippen LogP contribution in [0.2, 0.25) is 0 Å². The van der Waals surface area contributed by atoms with E-state index in [4.69, 9.17) is 9.47 Å². The van der Waals surface area contributed by atoms with E-state index in [0.29, 0.717) is 5.75 Å². The Hall–Kier alpha value is -1.75. The molecule has 1 aromatic carbocycles. The molecule has 0 saturated carbocycles. The van der Waals surface area contributed by atoms with Crippen LogP contribution in [0.1, 0.15) is 20.8 Å². The normalized spacial score (nSPS) is 13.7. The molecule has 2 N–H and O–H groups in total. The smallest absolute Gasteiger partial charge is 0.260 e. The van der Waals surface area contributed by atoms with Gasteiger partial charge in [-0.05, 0) is 37.1 Å². The number of aliphatic hydroxyl groups excluding tert-OH is 1. The Labute approximate surface area is 119 Å². The maximum absolute atomic E-state index is 11.8. The first-order valence-electron chi connectivity index (χ1n) is 6.70. The summed E-state index contributed by atoms with van der Waals surface area (Å²) in [6.45, 7) is 5.69. The van der Waals surface area contributed by atoms with E-state index in [1.165, 1.54) is 0 Å². The summed E-state index contributed by atoms with van der Waals surface area (Å²) >= 11 is 0. The molecule has 0 fully saturated rings. The van der Waals surface area contributed by atoms with Crippen LogP contribution in [0.3, 0.4) is 0 Å². The van der Waals surface area contributed by atoms with Crippen molar-refractivity contribution in [3.05, 3.63) is 24.3 Å². The van der Waals surface area contributed by atoms with Crippen molar-refractivity contribution >= 4 is 5.91 Å². The van der Waals surface area contributed by atoms with Crippen LogP contribution < -0.4 is 14.8 Å². The van der Waals surface area contributed by atoms with Gasteiger partial charge >= 0.3 is 0 Å². The number of amides is 1. The third-order valence-electron chi connectivity index (χ3n) is 3.00. The standard InChI is InChI=1S/C15H23NO4/c1-10(2)14(17)9-16-15(18)11(3)20-13-7-5-12(19-4)6-8-13/h5-8,10-11,14,17H,9H2,1-4H3,(H,16,18). The second kappa shape index (κ2) is 7.75. The number of rotatable bonds is 7. The van der Waals surface area contributed by atoms with Crippen molar-refractivity contribution < 1.29 is 19.4 Å². The molecule has 2 unspecified atom stereocenters. The van der Waals surface area contributed by atoms with Crippen LogP contribution in [-0.4, -0.2) is 36.9 Å². The average molecular weight is 281 g/mol. The van der Waals surface area contributed by atoms with Crippen LogP contribution >= 0.6 is 0 Å². The molecule has 20 heavy (non-hydrogen) atoms.